The zero-order chi connectivity index (χ0) is 22.4. The SMILES string of the molecule is Clc1c(Nc2ccc3c(c2)C2(c4ccccc4-3)C3CC4CC(C3)CC2C4)ccc2ccccc12. The third kappa shape index (κ3) is 2.46. The molecule has 0 aromatic heterocycles. The smallest absolute Gasteiger partial charge is 0.0719 e. The molecule has 4 bridgehead atoms. The van der Waals surface area contributed by atoms with Crippen molar-refractivity contribution in [1.82, 2.24) is 0 Å². The molecule has 0 amide bonds. The zero-order valence-electron chi connectivity index (χ0n) is 19.2. The minimum atomic E-state index is 0.199. The van der Waals surface area contributed by atoms with Crippen molar-refractivity contribution in [2.24, 2.45) is 23.7 Å². The van der Waals surface area contributed by atoms with Crippen molar-refractivity contribution >= 4 is 33.7 Å². The highest BCUT2D eigenvalue weighted by molar-refractivity contribution is 6.38. The molecule has 2 heteroatoms. The normalized spacial score (nSPS) is 30.0. The Hall–Kier alpha value is -2.77. The van der Waals surface area contributed by atoms with E-state index < -0.39 is 0 Å². The van der Waals surface area contributed by atoms with E-state index in [2.05, 4.69) is 84.2 Å². The van der Waals surface area contributed by atoms with Gasteiger partial charge in [-0.2, -0.15) is 0 Å². The summed E-state index contributed by atoms with van der Waals surface area (Å²) in [5.41, 5.74) is 8.44. The van der Waals surface area contributed by atoms with Gasteiger partial charge in [0.15, 0.2) is 0 Å². The lowest BCUT2D eigenvalue weighted by Crippen LogP contribution is -2.55. The van der Waals surface area contributed by atoms with Crippen molar-refractivity contribution in [1.29, 1.82) is 0 Å². The summed E-state index contributed by atoms with van der Waals surface area (Å²) >= 11 is 6.86. The fraction of sp³-hybridized carbons (Fsp3) is 0.312. The Morgan fingerprint density at radius 3 is 2.21 bits per heavy atom. The highest BCUT2D eigenvalue weighted by Gasteiger charge is 2.61. The molecular weight excluding hydrogens is 434 g/mol. The van der Waals surface area contributed by atoms with E-state index in [4.69, 9.17) is 11.6 Å². The van der Waals surface area contributed by atoms with E-state index in [0.29, 0.717) is 0 Å². The monoisotopic (exact) mass is 461 g/mol. The molecule has 0 heterocycles. The van der Waals surface area contributed by atoms with Crippen LogP contribution in [0.3, 0.4) is 0 Å². The lowest BCUT2D eigenvalue weighted by molar-refractivity contribution is -0.0399. The number of anilines is 2. The van der Waals surface area contributed by atoms with Crippen LogP contribution in [0, 0.1) is 23.7 Å². The molecule has 5 aliphatic rings. The maximum atomic E-state index is 6.86. The molecule has 4 aromatic carbocycles. The van der Waals surface area contributed by atoms with E-state index >= 15 is 0 Å². The molecule has 1 N–H and O–H groups in total. The first kappa shape index (κ1) is 19.5. The zero-order valence-corrected chi connectivity index (χ0v) is 20.0. The van der Waals surface area contributed by atoms with Gasteiger partial charge in [-0.3, -0.25) is 0 Å². The van der Waals surface area contributed by atoms with Crippen molar-refractivity contribution in [2.45, 2.75) is 37.5 Å². The molecule has 168 valence electrons. The molecule has 5 aliphatic carbocycles. The summed E-state index contributed by atoms with van der Waals surface area (Å²) < 4.78 is 0. The summed E-state index contributed by atoms with van der Waals surface area (Å²) in [7, 11) is 0. The van der Waals surface area contributed by atoms with E-state index in [1.165, 1.54) is 48.6 Å². The lowest BCUT2D eigenvalue weighted by atomic mass is 9.43. The van der Waals surface area contributed by atoms with Crippen LogP contribution < -0.4 is 5.32 Å². The van der Waals surface area contributed by atoms with Crippen LogP contribution in [0.15, 0.2) is 78.9 Å². The number of hydrogen-bond acceptors (Lipinski definition) is 1. The Labute approximate surface area is 206 Å². The first-order valence-corrected chi connectivity index (χ1v) is 13.3. The molecule has 1 nitrogen and oxygen atoms in total. The van der Waals surface area contributed by atoms with E-state index in [1.54, 1.807) is 11.1 Å². The van der Waals surface area contributed by atoms with Crippen LogP contribution in [0.25, 0.3) is 21.9 Å². The van der Waals surface area contributed by atoms with Gasteiger partial charge >= 0.3 is 0 Å². The molecule has 0 aliphatic heterocycles. The van der Waals surface area contributed by atoms with Gasteiger partial charge in [-0.25, -0.2) is 0 Å². The van der Waals surface area contributed by atoms with Crippen LogP contribution >= 0.6 is 11.6 Å². The number of fused-ring (bicyclic) bond motifs is 4. The van der Waals surface area contributed by atoms with Crippen LogP contribution in [0.2, 0.25) is 5.02 Å². The van der Waals surface area contributed by atoms with Crippen molar-refractivity contribution in [3.63, 3.8) is 0 Å². The van der Waals surface area contributed by atoms with Gasteiger partial charge in [0.25, 0.3) is 0 Å². The van der Waals surface area contributed by atoms with E-state index in [0.717, 1.165) is 45.5 Å². The summed E-state index contributed by atoms with van der Waals surface area (Å²) in [4.78, 5) is 0. The third-order valence-electron chi connectivity index (χ3n) is 9.70. The Morgan fingerprint density at radius 2 is 1.38 bits per heavy atom. The van der Waals surface area contributed by atoms with E-state index in [-0.39, 0.29) is 5.41 Å². The second kappa shape index (κ2) is 6.89. The van der Waals surface area contributed by atoms with E-state index in [9.17, 15) is 0 Å². The van der Waals surface area contributed by atoms with Crippen molar-refractivity contribution in [3.8, 4) is 11.1 Å². The number of hydrogen-bond donors (Lipinski definition) is 1. The molecule has 9 rings (SSSR count). The first-order chi connectivity index (χ1) is 16.7. The average molecular weight is 462 g/mol. The molecule has 0 radical (unpaired) electrons. The number of nitrogens with one attached hydrogen (secondary N) is 1. The molecule has 0 unspecified atom stereocenters. The Balaban J connectivity index is 1.28. The largest absolute Gasteiger partial charge is 0.354 e. The van der Waals surface area contributed by atoms with Gasteiger partial charge in [0, 0.05) is 16.5 Å². The summed E-state index contributed by atoms with van der Waals surface area (Å²) in [6, 6.07) is 29.0. The number of benzene rings is 4. The molecule has 34 heavy (non-hydrogen) atoms. The minimum absolute atomic E-state index is 0.199. The molecule has 0 saturated heterocycles. The average Bonchev–Trinajstić information content (AvgIpc) is 3.14. The predicted octanol–water partition coefficient (Wildman–Crippen LogP) is 8.96. The molecule has 1 spiro atoms. The number of halogens is 1. The number of rotatable bonds is 2. The Morgan fingerprint density at radius 1 is 0.676 bits per heavy atom. The van der Waals surface area contributed by atoms with Crippen molar-refractivity contribution in [3.05, 3.63) is 95.0 Å². The van der Waals surface area contributed by atoms with Gasteiger partial charge in [-0.15, -0.1) is 0 Å². The summed E-state index contributed by atoms with van der Waals surface area (Å²) in [5, 5.41) is 6.76. The van der Waals surface area contributed by atoms with Gasteiger partial charge in [0.1, 0.15) is 0 Å². The molecule has 0 atom stereocenters. The first-order valence-electron chi connectivity index (χ1n) is 12.9. The summed E-state index contributed by atoms with van der Waals surface area (Å²) in [5.74, 6) is 3.49. The quantitative estimate of drug-likeness (QED) is 0.314. The van der Waals surface area contributed by atoms with Crippen molar-refractivity contribution in [2.75, 3.05) is 5.32 Å². The van der Waals surface area contributed by atoms with Crippen LogP contribution in [-0.2, 0) is 5.41 Å². The Bertz CT molecular complexity index is 1440. The van der Waals surface area contributed by atoms with Crippen LogP contribution in [-0.4, -0.2) is 0 Å². The summed E-state index contributed by atoms with van der Waals surface area (Å²) in [6.07, 6.45) is 7.13. The summed E-state index contributed by atoms with van der Waals surface area (Å²) in [6.45, 7) is 0. The van der Waals surface area contributed by atoms with Crippen LogP contribution in [0.1, 0.15) is 43.2 Å². The fourth-order valence-electron chi connectivity index (χ4n) is 8.72. The molecule has 4 aromatic rings. The Kier molecular flexibility index (Phi) is 3.96. The lowest BCUT2D eigenvalue weighted by Gasteiger charge is -2.61. The van der Waals surface area contributed by atoms with Gasteiger partial charge in [-0.05, 0) is 102 Å². The molecule has 4 fully saturated rings. The highest BCUT2D eigenvalue weighted by Crippen LogP contribution is 2.69. The minimum Gasteiger partial charge on any atom is -0.354 e. The van der Waals surface area contributed by atoms with Crippen LogP contribution in [0.5, 0.6) is 0 Å². The predicted molar refractivity (Wildman–Crippen MR) is 142 cm³/mol. The second-order valence-electron chi connectivity index (χ2n) is 11.3. The van der Waals surface area contributed by atoms with Gasteiger partial charge in [-0.1, -0.05) is 72.3 Å². The van der Waals surface area contributed by atoms with E-state index in [1.807, 2.05) is 0 Å². The molecule has 4 saturated carbocycles. The maximum Gasteiger partial charge on any atom is 0.0719 e. The molecular formula is C32H28ClN. The maximum absolute atomic E-state index is 6.86. The fourth-order valence-corrected chi connectivity index (χ4v) is 9.00. The third-order valence-corrected chi connectivity index (χ3v) is 10.1. The highest BCUT2D eigenvalue weighted by atomic mass is 35.5. The van der Waals surface area contributed by atoms with Crippen molar-refractivity contribution < 1.29 is 0 Å². The van der Waals surface area contributed by atoms with Crippen LogP contribution in [0.4, 0.5) is 11.4 Å². The van der Waals surface area contributed by atoms with Gasteiger partial charge in [0.05, 0.1) is 10.7 Å². The topological polar surface area (TPSA) is 12.0 Å². The van der Waals surface area contributed by atoms with Gasteiger partial charge < -0.3 is 5.32 Å². The second-order valence-corrected chi connectivity index (χ2v) is 11.6. The van der Waals surface area contributed by atoms with Gasteiger partial charge in [0.2, 0.25) is 0 Å². The standard InChI is InChI=1S/C32H28ClN/c33-31-25-6-2-1-5-21(25)9-12-30(31)34-24-10-11-27-26-7-3-4-8-28(26)32(29(27)18-24)22-14-19-13-20(16-22)17-23(32)15-19/h1-12,18-20,22-23,34H,13-17H2.